The fraction of sp³-hybridized carbons (Fsp3) is 0.448. The van der Waals surface area contributed by atoms with Gasteiger partial charge in [-0.3, -0.25) is 9.69 Å². The van der Waals surface area contributed by atoms with E-state index in [0.717, 1.165) is 73.3 Å². The number of nitrogens with one attached hydrogen (secondary N) is 1. The molecular formula is C29H34Cl2N4O2S. The van der Waals surface area contributed by atoms with Crippen molar-refractivity contribution in [1.82, 2.24) is 15.2 Å². The van der Waals surface area contributed by atoms with Crippen molar-refractivity contribution >= 4 is 45.6 Å². The maximum atomic E-state index is 12.4. The lowest BCUT2D eigenvalue weighted by atomic mass is 10.0. The van der Waals surface area contributed by atoms with E-state index in [1.54, 1.807) is 11.3 Å². The molecule has 0 saturated carbocycles. The molecule has 2 aromatic carbocycles. The fourth-order valence-electron chi connectivity index (χ4n) is 5.03. The highest BCUT2D eigenvalue weighted by Gasteiger charge is 2.21. The summed E-state index contributed by atoms with van der Waals surface area (Å²) in [7, 11) is 0. The summed E-state index contributed by atoms with van der Waals surface area (Å²) >= 11 is 13.9. The predicted molar refractivity (Wildman–Crippen MR) is 157 cm³/mol. The molecule has 0 aliphatic carbocycles. The second kappa shape index (κ2) is 13.2. The third kappa shape index (κ3) is 7.41. The van der Waals surface area contributed by atoms with Gasteiger partial charge in [-0.25, -0.2) is 4.98 Å². The number of hydrogen-bond acceptors (Lipinski definition) is 6. The Hall–Kier alpha value is -2.32. The molecule has 1 N–H and O–H groups in total. The summed E-state index contributed by atoms with van der Waals surface area (Å²) in [6, 6.07) is 14.1. The zero-order valence-electron chi connectivity index (χ0n) is 21.5. The Morgan fingerprint density at radius 1 is 1.03 bits per heavy atom. The lowest BCUT2D eigenvalue weighted by Gasteiger charge is -2.32. The molecule has 38 heavy (non-hydrogen) atoms. The molecule has 2 aliphatic rings. The number of aromatic nitrogens is 1. The molecule has 1 amide bonds. The highest BCUT2D eigenvalue weighted by atomic mass is 35.5. The number of thiazole rings is 1. The van der Waals surface area contributed by atoms with Crippen molar-refractivity contribution in [3.8, 4) is 17.0 Å². The third-order valence-electron chi connectivity index (χ3n) is 7.18. The molecule has 3 heterocycles. The van der Waals surface area contributed by atoms with Gasteiger partial charge in [0.2, 0.25) is 5.91 Å². The molecule has 2 fully saturated rings. The lowest BCUT2D eigenvalue weighted by molar-refractivity contribution is -0.122. The van der Waals surface area contributed by atoms with Crippen LogP contribution in [0.1, 0.15) is 44.1 Å². The summed E-state index contributed by atoms with van der Waals surface area (Å²) in [5.74, 6) is 0.919. The molecule has 9 heteroatoms. The summed E-state index contributed by atoms with van der Waals surface area (Å²) in [5, 5.41) is 7.61. The molecule has 0 unspecified atom stereocenters. The van der Waals surface area contributed by atoms with Gasteiger partial charge >= 0.3 is 0 Å². The van der Waals surface area contributed by atoms with Crippen molar-refractivity contribution in [3.05, 3.63) is 63.5 Å². The molecule has 1 aromatic heterocycles. The van der Waals surface area contributed by atoms with Gasteiger partial charge in [-0.05, 0) is 74.1 Å². The number of carbonyl (C=O) groups is 1. The molecule has 0 spiro atoms. The van der Waals surface area contributed by atoms with Crippen molar-refractivity contribution in [1.29, 1.82) is 0 Å². The quantitative estimate of drug-likeness (QED) is 0.275. The van der Waals surface area contributed by atoms with E-state index in [4.69, 9.17) is 32.9 Å². The maximum absolute atomic E-state index is 12.4. The number of halogens is 2. The van der Waals surface area contributed by atoms with Crippen LogP contribution in [0.4, 0.5) is 5.13 Å². The van der Waals surface area contributed by atoms with E-state index < -0.39 is 0 Å². The Morgan fingerprint density at radius 2 is 1.79 bits per heavy atom. The van der Waals surface area contributed by atoms with E-state index in [-0.39, 0.29) is 11.9 Å². The van der Waals surface area contributed by atoms with Crippen LogP contribution in [0, 0.1) is 0 Å². The van der Waals surface area contributed by atoms with Crippen molar-refractivity contribution in [2.45, 2.75) is 51.1 Å². The number of amides is 1. The second-order valence-electron chi connectivity index (χ2n) is 10.1. The number of hydrogen-bond donors (Lipinski definition) is 1. The molecule has 202 valence electrons. The molecule has 2 saturated heterocycles. The number of carbonyl (C=O) groups excluding carboxylic acids is 1. The van der Waals surface area contributed by atoms with Crippen molar-refractivity contribution in [2.24, 2.45) is 0 Å². The van der Waals surface area contributed by atoms with E-state index in [1.165, 1.54) is 12.8 Å². The summed E-state index contributed by atoms with van der Waals surface area (Å²) < 4.78 is 5.88. The van der Waals surface area contributed by atoms with Gasteiger partial charge in [-0.1, -0.05) is 29.3 Å². The van der Waals surface area contributed by atoms with Gasteiger partial charge in [0, 0.05) is 56.1 Å². The van der Waals surface area contributed by atoms with Crippen LogP contribution in [0.15, 0.2) is 47.8 Å². The van der Waals surface area contributed by atoms with E-state index in [0.29, 0.717) is 29.5 Å². The maximum Gasteiger partial charge on any atom is 0.220 e. The second-order valence-corrected chi connectivity index (χ2v) is 11.7. The zero-order valence-corrected chi connectivity index (χ0v) is 23.8. The molecule has 6 nitrogen and oxygen atoms in total. The summed E-state index contributed by atoms with van der Waals surface area (Å²) in [6.45, 7) is 5.48. The highest BCUT2D eigenvalue weighted by Crippen LogP contribution is 2.30. The first kappa shape index (κ1) is 27.3. The van der Waals surface area contributed by atoms with Crippen LogP contribution in [-0.4, -0.2) is 54.6 Å². The van der Waals surface area contributed by atoms with Gasteiger partial charge in [0.25, 0.3) is 0 Å². The Bertz CT molecular complexity index is 1210. The average Bonchev–Trinajstić information content (AvgIpc) is 3.63. The van der Waals surface area contributed by atoms with Crippen molar-refractivity contribution < 1.29 is 9.53 Å². The number of anilines is 1. The topological polar surface area (TPSA) is 57.7 Å². The zero-order chi connectivity index (χ0) is 26.3. The standard InChI is InChI=1S/C29H34Cl2N4O2S/c30-25-10-5-21(18-26(25)31)19-34-15-11-23(12-16-34)32-28(36)4-3-17-37-24-8-6-22(7-9-24)27-20-38-29(33-27)35-13-1-2-14-35/h5-10,18,20,23H,1-4,11-17,19H2,(H,32,36). The molecule has 0 atom stereocenters. The predicted octanol–water partition coefficient (Wildman–Crippen LogP) is 6.66. The molecule has 5 rings (SSSR count). The van der Waals surface area contributed by atoms with Gasteiger partial charge in [-0.15, -0.1) is 11.3 Å². The van der Waals surface area contributed by atoms with Crippen LogP contribution in [0.3, 0.4) is 0 Å². The number of ether oxygens (including phenoxy) is 1. The van der Waals surface area contributed by atoms with E-state index in [2.05, 4.69) is 32.6 Å². The summed E-state index contributed by atoms with van der Waals surface area (Å²) in [5.41, 5.74) is 3.27. The molecule has 0 bridgehead atoms. The van der Waals surface area contributed by atoms with Crippen LogP contribution in [0.25, 0.3) is 11.3 Å². The lowest BCUT2D eigenvalue weighted by Crippen LogP contribution is -2.44. The summed E-state index contributed by atoms with van der Waals surface area (Å²) in [6.07, 6.45) is 5.58. The van der Waals surface area contributed by atoms with Crippen molar-refractivity contribution in [2.75, 3.05) is 37.7 Å². The van der Waals surface area contributed by atoms with Gasteiger partial charge in [-0.2, -0.15) is 0 Å². The van der Waals surface area contributed by atoms with Crippen LogP contribution in [0.5, 0.6) is 5.75 Å². The molecule has 0 radical (unpaired) electrons. The molecule has 3 aromatic rings. The van der Waals surface area contributed by atoms with Crippen LogP contribution >= 0.6 is 34.5 Å². The van der Waals surface area contributed by atoms with Crippen LogP contribution in [-0.2, 0) is 11.3 Å². The molecule has 2 aliphatic heterocycles. The van der Waals surface area contributed by atoms with Crippen molar-refractivity contribution in [3.63, 3.8) is 0 Å². The van der Waals surface area contributed by atoms with Gasteiger partial charge in [0.05, 0.1) is 22.3 Å². The van der Waals surface area contributed by atoms with Gasteiger partial charge < -0.3 is 15.0 Å². The van der Waals surface area contributed by atoms with E-state index in [9.17, 15) is 4.79 Å². The van der Waals surface area contributed by atoms with Gasteiger partial charge in [0.1, 0.15) is 5.75 Å². The number of benzene rings is 2. The fourth-order valence-corrected chi connectivity index (χ4v) is 6.24. The minimum Gasteiger partial charge on any atom is -0.494 e. The molecular weight excluding hydrogens is 539 g/mol. The summed E-state index contributed by atoms with van der Waals surface area (Å²) in [4.78, 5) is 22.0. The number of rotatable bonds is 10. The largest absolute Gasteiger partial charge is 0.494 e. The SMILES string of the molecule is O=C(CCCOc1ccc(-c2csc(N3CCCC3)n2)cc1)NC1CCN(Cc2ccc(Cl)c(Cl)c2)CC1. The smallest absolute Gasteiger partial charge is 0.220 e. The Labute approximate surface area is 238 Å². The Morgan fingerprint density at radius 3 is 2.53 bits per heavy atom. The normalized spacial score (nSPS) is 16.6. The van der Waals surface area contributed by atoms with E-state index in [1.807, 2.05) is 30.3 Å². The Kier molecular flexibility index (Phi) is 9.44. The minimum atomic E-state index is 0.101. The number of likely N-dealkylation sites (tertiary alicyclic amines) is 1. The van der Waals surface area contributed by atoms with Crippen LogP contribution < -0.4 is 15.0 Å². The number of nitrogens with zero attached hydrogens (tertiary/aromatic N) is 3. The third-order valence-corrected chi connectivity index (χ3v) is 8.82. The van der Waals surface area contributed by atoms with Gasteiger partial charge in [0.15, 0.2) is 5.13 Å². The first-order chi connectivity index (χ1) is 18.5. The number of piperidine rings is 1. The Balaban J connectivity index is 0.974. The highest BCUT2D eigenvalue weighted by molar-refractivity contribution is 7.14. The van der Waals surface area contributed by atoms with Crippen LogP contribution in [0.2, 0.25) is 10.0 Å². The first-order valence-corrected chi connectivity index (χ1v) is 15.1. The average molecular weight is 574 g/mol. The monoisotopic (exact) mass is 572 g/mol. The minimum absolute atomic E-state index is 0.101. The first-order valence-electron chi connectivity index (χ1n) is 13.4. The van der Waals surface area contributed by atoms with E-state index >= 15 is 0 Å².